The van der Waals surface area contributed by atoms with Gasteiger partial charge in [-0.15, -0.1) is 0 Å². The standard InChI is InChI=1S/C14H15N3O2S/c1-10-8-12(5-7-15-10)17-20(18,19)13-3-2-11-4-6-16-14(11)9-13/h2-3,5,7-9,16H,4,6H2,1H3,(H,15,17). The van der Waals surface area contributed by atoms with Gasteiger partial charge in [0.05, 0.1) is 10.6 Å². The van der Waals surface area contributed by atoms with Crippen LogP contribution in [0.3, 0.4) is 0 Å². The molecule has 0 radical (unpaired) electrons. The summed E-state index contributed by atoms with van der Waals surface area (Å²) in [6.07, 6.45) is 2.52. The van der Waals surface area contributed by atoms with Gasteiger partial charge in [-0.05, 0) is 43.2 Å². The van der Waals surface area contributed by atoms with Crippen molar-refractivity contribution in [3.8, 4) is 0 Å². The molecule has 0 saturated carbocycles. The van der Waals surface area contributed by atoms with Gasteiger partial charge in [-0.25, -0.2) is 8.42 Å². The second-order valence-electron chi connectivity index (χ2n) is 4.79. The van der Waals surface area contributed by atoms with E-state index in [0.29, 0.717) is 5.69 Å². The fraction of sp³-hybridized carbons (Fsp3) is 0.214. The Labute approximate surface area is 118 Å². The number of sulfonamides is 1. The van der Waals surface area contributed by atoms with Crippen molar-refractivity contribution in [2.75, 3.05) is 16.6 Å². The lowest BCUT2D eigenvalue weighted by Crippen LogP contribution is -2.13. The van der Waals surface area contributed by atoms with Crippen molar-refractivity contribution in [1.29, 1.82) is 0 Å². The quantitative estimate of drug-likeness (QED) is 0.908. The van der Waals surface area contributed by atoms with Gasteiger partial charge in [0.1, 0.15) is 0 Å². The molecule has 0 aliphatic carbocycles. The van der Waals surface area contributed by atoms with Crippen LogP contribution in [0.2, 0.25) is 0 Å². The first-order valence-corrected chi connectivity index (χ1v) is 7.85. The third kappa shape index (κ3) is 2.46. The molecule has 2 aromatic rings. The zero-order valence-corrected chi connectivity index (χ0v) is 11.9. The average Bonchev–Trinajstić information content (AvgIpc) is 2.85. The third-order valence-electron chi connectivity index (χ3n) is 3.25. The molecule has 1 aromatic heterocycles. The predicted molar refractivity (Wildman–Crippen MR) is 78.4 cm³/mol. The molecule has 0 bridgehead atoms. The summed E-state index contributed by atoms with van der Waals surface area (Å²) in [6, 6.07) is 8.52. The molecule has 5 nitrogen and oxygen atoms in total. The normalized spacial score (nSPS) is 13.7. The summed E-state index contributed by atoms with van der Waals surface area (Å²) in [4.78, 5) is 4.31. The van der Waals surface area contributed by atoms with Gasteiger partial charge in [0, 0.05) is 24.1 Å². The highest BCUT2D eigenvalue weighted by atomic mass is 32.2. The van der Waals surface area contributed by atoms with Crippen molar-refractivity contribution in [2.45, 2.75) is 18.2 Å². The van der Waals surface area contributed by atoms with E-state index in [2.05, 4.69) is 15.0 Å². The van der Waals surface area contributed by atoms with Crippen LogP contribution in [-0.2, 0) is 16.4 Å². The first-order chi connectivity index (χ1) is 9.54. The van der Waals surface area contributed by atoms with E-state index in [0.717, 1.165) is 29.9 Å². The minimum absolute atomic E-state index is 0.264. The van der Waals surface area contributed by atoms with Crippen LogP contribution in [0.25, 0.3) is 0 Å². The van der Waals surface area contributed by atoms with Gasteiger partial charge >= 0.3 is 0 Å². The van der Waals surface area contributed by atoms with Crippen LogP contribution >= 0.6 is 0 Å². The van der Waals surface area contributed by atoms with Crippen molar-refractivity contribution in [3.63, 3.8) is 0 Å². The second-order valence-corrected chi connectivity index (χ2v) is 6.47. The number of aromatic nitrogens is 1. The number of hydrogen-bond acceptors (Lipinski definition) is 4. The van der Waals surface area contributed by atoms with Crippen LogP contribution in [0.1, 0.15) is 11.3 Å². The zero-order valence-electron chi connectivity index (χ0n) is 11.1. The number of nitrogens with one attached hydrogen (secondary N) is 2. The van der Waals surface area contributed by atoms with Crippen molar-refractivity contribution in [2.24, 2.45) is 0 Å². The van der Waals surface area contributed by atoms with E-state index < -0.39 is 10.0 Å². The van der Waals surface area contributed by atoms with E-state index in [9.17, 15) is 8.42 Å². The molecule has 1 aliphatic rings. The van der Waals surface area contributed by atoms with Gasteiger partial charge < -0.3 is 5.32 Å². The minimum Gasteiger partial charge on any atom is -0.384 e. The Kier molecular flexibility index (Phi) is 3.10. The summed E-state index contributed by atoms with van der Waals surface area (Å²) >= 11 is 0. The maximum Gasteiger partial charge on any atom is 0.261 e. The molecule has 104 valence electrons. The van der Waals surface area contributed by atoms with Gasteiger partial charge in [-0.1, -0.05) is 6.07 Å². The molecule has 0 fully saturated rings. The highest BCUT2D eigenvalue weighted by Gasteiger charge is 2.18. The number of hydrogen-bond donors (Lipinski definition) is 2. The van der Waals surface area contributed by atoms with Crippen LogP contribution in [0.4, 0.5) is 11.4 Å². The number of fused-ring (bicyclic) bond motifs is 1. The highest BCUT2D eigenvalue weighted by molar-refractivity contribution is 7.92. The van der Waals surface area contributed by atoms with Crippen molar-refractivity contribution in [1.82, 2.24) is 4.98 Å². The fourth-order valence-corrected chi connectivity index (χ4v) is 3.34. The molecule has 1 aromatic carbocycles. The molecule has 1 aliphatic heterocycles. The Morgan fingerprint density at radius 1 is 1.25 bits per heavy atom. The Balaban J connectivity index is 1.92. The maximum atomic E-state index is 12.4. The lowest BCUT2D eigenvalue weighted by molar-refractivity contribution is 0.601. The minimum atomic E-state index is -3.57. The smallest absolute Gasteiger partial charge is 0.261 e. The van der Waals surface area contributed by atoms with E-state index in [4.69, 9.17) is 0 Å². The molecule has 0 amide bonds. The number of nitrogens with zero attached hydrogens (tertiary/aromatic N) is 1. The van der Waals surface area contributed by atoms with Gasteiger partial charge in [-0.3, -0.25) is 9.71 Å². The fourth-order valence-electron chi connectivity index (χ4n) is 2.26. The van der Waals surface area contributed by atoms with Crippen LogP contribution in [0.5, 0.6) is 0 Å². The van der Waals surface area contributed by atoms with E-state index >= 15 is 0 Å². The van der Waals surface area contributed by atoms with E-state index in [-0.39, 0.29) is 4.90 Å². The van der Waals surface area contributed by atoms with E-state index in [1.807, 2.05) is 13.0 Å². The summed E-state index contributed by atoms with van der Waals surface area (Å²) in [6.45, 7) is 2.67. The number of pyridine rings is 1. The molecule has 3 rings (SSSR count). The lowest BCUT2D eigenvalue weighted by Gasteiger charge is -2.09. The van der Waals surface area contributed by atoms with Crippen molar-refractivity contribution < 1.29 is 8.42 Å². The summed E-state index contributed by atoms with van der Waals surface area (Å²) in [5.41, 5.74) is 3.34. The van der Waals surface area contributed by atoms with Crippen molar-refractivity contribution >= 4 is 21.4 Å². The molecule has 20 heavy (non-hydrogen) atoms. The Bertz CT molecular complexity index is 757. The predicted octanol–water partition coefficient (Wildman–Crippen LogP) is 2.16. The molecule has 2 heterocycles. The first-order valence-electron chi connectivity index (χ1n) is 6.37. The zero-order chi connectivity index (χ0) is 14.2. The Morgan fingerprint density at radius 2 is 2.10 bits per heavy atom. The second kappa shape index (κ2) is 4.79. The molecule has 0 atom stereocenters. The molecule has 0 spiro atoms. The molecular weight excluding hydrogens is 274 g/mol. The first kappa shape index (κ1) is 12.9. The number of anilines is 2. The van der Waals surface area contributed by atoms with Gasteiger partial charge in [0.2, 0.25) is 0 Å². The van der Waals surface area contributed by atoms with Crippen LogP contribution < -0.4 is 10.0 Å². The Morgan fingerprint density at radius 3 is 2.90 bits per heavy atom. The van der Waals surface area contributed by atoms with Crippen LogP contribution in [-0.4, -0.2) is 19.9 Å². The number of rotatable bonds is 3. The monoisotopic (exact) mass is 289 g/mol. The molecule has 6 heteroatoms. The summed E-state index contributed by atoms with van der Waals surface area (Å²) in [5.74, 6) is 0. The summed E-state index contributed by atoms with van der Waals surface area (Å²) < 4.78 is 27.3. The van der Waals surface area contributed by atoms with Crippen molar-refractivity contribution in [3.05, 3.63) is 47.8 Å². The largest absolute Gasteiger partial charge is 0.384 e. The number of benzene rings is 1. The molecular formula is C14H15N3O2S. The average molecular weight is 289 g/mol. The van der Waals surface area contributed by atoms with E-state index in [1.54, 1.807) is 30.5 Å². The van der Waals surface area contributed by atoms with Crippen LogP contribution in [0, 0.1) is 6.92 Å². The summed E-state index contributed by atoms with van der Waals surface area (Å²) in [7, 11) is -3.57. The maximum absolute atomic E-state index is 12.4. The number of aryl methyl sites for hydroxylation is 1. The lowest BCUT2D eigenvalue weighted by atomic mass is 10.2. The van der Waals surface area contributed by atoms with Gasteiger partial charge in [-0.2, -0.15) is 0 Å². The molecule has 0 unspecified atom stereocenters. The molecule has 2 N–H and O–H groups in total. The van der Waals surface area contributed by atoms with Gasteiger partial charge in [0.25, 0.3) is 10.0 Å². The highest BCUT2D eigenvalue weighted by Crippen LogP contribution is 2.26. The third-order valence-corrected chi connectivity index (χ3v) is 4.63. The van der Waals surface area contributed by atoms with Gasteiger partial charge in [0.15, 0.2) is 0 Å². The Hall–Kier alpha value is -2.08. The molecule has 0 saturated heterocycles. The topological polar surface area (TPSA) is 71.1 Å². The van der Waals surface area contributed by atoms with Crippen LogP contribution in [0.15, 0.2) is 41.4 Å². The summed E-state index contributed by atoms with van der Waals surface area (Å²) in [5, 5.41) is 3.18. The SMILES string of the molecule is Cc1cc(NS(=O)(=O)c2ccc3c(c2)NCC3)ccn1. The van der Waals surface area contributed by atoms with E-state index in [1.165, 1.54) is 0 Å².